The number of nitrogens with two attached hydrogens (primary N) is 1. The van der Waals surface area contributed by atoms with Gasteiger partial charge in [0.15, 0.2) is 0 Å². The Morgan fingerprint density at radius 1 is 1.24 bits per heavy atom. The van der Waals surface area contributed by atoms with E-state index in [9.17, 15) is 0 Å². The third kappa shape index (κ3) is 4.29. The molecule has 3 nitrogen and oxygen atoms in total. The molecule has 1 heterocycles. The average Bonchev–Trinajstić information content (AvgIpc) is 2.77. The van der Waals surface area contributed by atoms with Crippen molar-refractivity contribution in [1.29, 1.82) is 0 Å². The first kappa shape index (κ1) is 16.0. The number of ether oxygens (including phenoxy) is 1. The highest BCUT2D eigenvalue weighted by molar-refractivity contribution is 7.09. The van der Waals surface area contributed by atoms with E-state index in [1.807, 2.05) is 19.4 Å². The van der Waals surface area contributed by atoms with Crippen molar-refractivity contribution in [2.24, 2.45) is 5.73 Å². The second kappa shape index (κ2) is 7.05. The molecule has 1 unspecified atom stereocenters. The average molecular weight is 304 g/mol. The van der Waals surface area contributed by atoms with Crippen LogP contribution in [0.25, 0.3) is 0 Å². The summed E-state index contributed by atoms with van der Waals surface area (Å²) in [5.74, 6) is 1.01. The molecule has 114 valence electrons. The van der Waals surface area contributed by atoms with Crippen LogP contribution in [0.15, 0.2) is 17.6 Å². The number of hydrogen-bond donors (Lipinski definition) is 1. The van der Waals surface area contributed by atoms with Crippen molar-refractivity contribution in [3.05, 3.63) is 44.9 Å². The van der Waals surface area contributed by atoms with E-state index in [0.717, 1.165) is 24.3 Å². The number of nitrogens with zero attached hydrogens (tertiary/aromatic N) is 1. The molecule has 4 heteroatoms. The lowest BCUT2D eigenvalue weighted by molar-refractivity contribution is 0.318. The summed E-state index contributed by atoms with van der Waals surface area (Å²) >= 11 is 1.70. The van der Waals surface area contributed by atoms with Crippen molar-refractivity contribution < 1.29 is 4.74 Å². The molecule has 0 bridgehead atoms. The highest BCUT2D eigenvalue weighted by Gasteiger charge is 2.09. The molecule has 0 amide bonds. The van der Waals surface area contributed by atoms with E-state index < -0.39 is 0 Å². The first-order valence-electron chi connectivity index (χ1n) is 7.35. The lowest BCUT2D eigenvalue weighted by Gasteiger charge is -2.15. The van der Waals surface area contributed by atoms with Crippen LogP contribution in [0.4, 0.5) is 0 Å². The minimum absolute atomic E-state index is 0.185. The van der Waals surface area contributed by atoms with Crippen LogP contribution in [0.5, 0.6) is 5.75 Å². The number of hydrogen-bond acceptors (Lipinski definition) is 4. The smallest absolute Gasteiger partial charge is 0.125 e. The molecule has 2 aromatic rings. The molecule has 2 rings (SSSR count). The molecule has 0 radical (unpaired) electrons. The molecule has 2 N–H and O–H groups in total. The summed E-state index contributed by atoms with van der Waals surface area (Å²) < 4.78 is 6.00. The molecule has 0 spiro atoms. The molecule has 0 aliphatic rings. The largest absolute Gasteiger partial charge is 0.493 e. The van der Waals surface area contributed by atoms with Crippen LogP contribution in [0.3, 0.4) is 0 Å². The lowest BCUT2D eigenvalue weighted by Crippen LogP contribution is -2.18. The van der Waals surface area contributed by atoms with Crippen LogP contribution in [-0.4, -0.2) is 17.6 Å². The molecule has 0 saturated heterocycles. The maximum atomic E-state index is 6.00. The van der Waals surface area contributed by atoms with Gasteiger partial charge in [0.25, 0.3) is 0 Å². The van der Waals surface area contributed by atoms with Gasteiger partial charge in [-0.3, -0.25) is 0 Å². The van der Waals surface area contributed by atoms with Gasteiger partial charge in [-0.25, -0.2) is 4.98 Å². The Kier molecular flexibility index (Phi) is 5.37. The van der Waals surface area contributed by atoms with Gasteiger partial charge in [0.1, 0.15) is 5.75 Å². The third-order valence-corrected chi connectivity index (χ3v) is 4.49. The Hall–Kier alpha value is -1.39. The number of rotatable bonds is 6. The monoisotopic (exact) mass is 304 g/mol. The van der Waals surface area contributed by atoms with Crippen LogP contribution in [0, 0.1) is 20.8 Å². The van der Waals surface area contributed by atoms with E-state index in [2.05, 4.69) is 31.0 Å². The first-order chi connectivity index (χ1) is 9.97. The van der Waals surface area contributed by atoms with Gasteiger partial charge in [0, 0.05) is 17.3 Å². The summed E-state index contributed by atoms with van der Waals surface area (Å²) in [6, 6.07) is 4.55. The molecule has 0 aliphatic carbocycles. The van der Waals surface area contributed by atoms with Crippen molar-refractivity contribution in [3.8, 4) is 5.75 Å². The summed E-state index contributed by atoms with van der Waals surface area (Å²) in [7, 11) is 0. The van der Waals surface area contributed by atoms with Crippen LogP contribution >= 0.6 is 11.3 Å². The Labute approximate surface area is 131 Å². The van der Waals surface area contributed by atoms with E-state index in [-0.39, 0.29) is 6.04 Å². The van der Waals surface area contributed by atoms with Gasteiger partial charge in [-0.2, -0.15) is 0 Å². The quantitative estimate of drug-likeness (QED) is 0.887. The summed E-state index contributed by atoms with van der Waals surface area (Å²) in [4.78, 5) is 5.57. The van der Waals surface area contributed by atoms with Crippen LogP contribution in [0.1, 0.15) is 34.2 Å². The first-order valence-corrected chi connectivity index (χ1v) is 8.22. The van der Waals surface area contributed by atoms with Gasteiger partial charge < -0.3 is 10.5 Å². The van der Waals surface area contributed by atoms with Crippen molar-refractivity contribution >= 4 is 11.3 Å². The standard InChI is InChI=1S/C17H24N2OS/c1-11-7-15(9-13(3)18)8-12(2)17(11)20-6-5-16-14(4)19-10-21-16/h7-8,10,13H,5-6,9,18H2,1-4H3. The van der Waals surface area contributed by atoms with Crippen molar-refractivity contribution in [2.75, 3.05) is 6.61 Å². The normalized spacial score (nSPS) is 12.4. The lowest BCUT2D eigenvalue weighted by atomic mass is 10.0. The fraction of sp³-hybridized carbons (Fsp3) is 0.471. The maximum Gasteiger partial charge on any atom is 0.125 e. The van der Waals surface area contributed by atoms with Gasteiger partial charge >= 0.3 is 0 Å². The topological polar surface area (TPSA) is 48.1 Å². The van der Waals surface area contributed by atoms with Gasteiger partial charge in [0.05, 0.1) is 17.8 Å². The van der Waals surface area contributed by atoms with Gasteiger partial charge in [-0.1, -0.05) is 12.1 Å². The van der Waals surface area contributed by atoms with E-state index >= 15 is 0 Å². The molecule has 1 aromatic heterocycles. The molecule has 1 aromatic carbocycles. The van der Waals surface area contributed by atoms with Gasteiger partial charge in [-0.15, -0.1) is 11.3 Å². The summed E-state index contributed by atoms with van der Waals surface area (Å²) in [6.45, 7) is 8.98. The molecule has 0 aliphatic heterocycles. The van der Waals surface area contributed by atoms with Gasteiger partial charge in [-0.05, 0) is 50.8 Å². The van der Waals surface area contributed by atoms with E-state index in [4.69, 9.17) is 10.5 Å². The molecule has 0 saturated carbocycles. The maximum absolute atomic E-state index is 6.00. The Balaban J connectivity index is 2.01. The Bertz CT molecular complexity index is 582. The van der Waals surface area contributed by atoms with E-state index in [1.54, 1.807) is 11.3 Å². The van der Waals surface area contributed by atoms with E-state index in [1.165, 1.54) is 21.6 Å². The van der Waals surface area contributed by atoms with E-state index in [0.29, 0.717) is 6.61 Å². The van der Waals surface area contributed by atoms with Crippen LogP contribution < -0.4 is 10.5 Å². The van der Waals surface area contributed by atoms with Gasteiger partial charge in [0.2, 0.25) is 0 Å². The Morgan fingerprint density at radius 3 is 2.43 bits per heavy atom. The fourth-order valence-electron chi connectivity index (χ4n) is 2.57. The highest BCUT2D eigenvalue weighted by atomic mass is 32.1. The number of thiazole rings is 1. The zero-order valence-corrected chi connectivity index (χ0v) is 14.1. The predicted molar refractivity (Wildman–Crippen MR) is 89.3 cm³/mol. The van der Waals surface area contributed by atoms with Crippen molar-refractivity contribution in [2.45, 2.75) is 46.6 Å². The fourth-order valence-corrected chi connectivity index (χ4v) is 3.33. The minimum Gasteiger partial charge on any atom is -0.493 e. The zero-order chi connectivity index (χ0) is 15.4. The molecular weight excluding hydrogens is 280 g/mol. The second-order valence-corrected chi connectivity index (χ2v) is 6.64. The van der Waals surface area contributed by atoms with Crippen LogP contribution in [-0.2, 0) is 12.8 Å². The minimum atomic E-state index is 0.185. The summed E-state index contributed by atoms with van der Waals surface area (Å²) in [6.07, 6.45) is 1.82. The second-order valence-electron chi connectivity index (χ2n) is 5.70. The molecular formula is C17H24N2OS. The van der Waals surface area contributed by atoms with Crippen molar-refractivity contribution in [3.63, 3.8) is 0 Å². The number of aryl methyl sites for hydroxylation is 3. The Morgan fingerprint density at radius 2 is 1.90 bits per heavy atom. The van der Waals surface area contributed by atoms with Crippen LogP contribution in [0.2, 0.25) is 0 Å². The summed E-state index contributed by atoms with van der Waals surface area (Å²) in [5, 5.41) is 0. The number of benzene rings is 1. The highest BCUT2D eigenvalue weighted by Crippen LogP contribution is 2.26. The molecule has 1 atom stereocenters. The van der Waals surface area contributed by atoms with Crippen molar-refractivity contribution in [1.82, 2.24) is 4.98 Å². The number of aromatic nitrogens is 1. The summed E-state index contributed by atoms with van der Waals surface area (Å²) in [5.41, 5.74) is 12.5. The molecule has 0 fully saturated rings. The SMILES string of the molecule is Cc1cc(CC(C)N)cc(C)c1OCCc1scnc1C. The zero-order valence-electron chi connectivity index (χ0n) is 13.3. The molecule has 21 heavy (non-hydrogen) atoms. The predicted octanol–water partition coefficient (Wildman–Crippen LogP) is 3.58. The third-order valence-electron chi connectivity index (χ3n) is 3.50.